The molecule has 1 aromatic carbocycles. The summed E-state index contributed by atoms with van der Waals surface area (Å²) in [4.78, 5) is 9.52. The number of pyridine rings is 1. The molecule has 1 spiro atoms. The molecule has 0 N–H and O–H groups in total. The molecule has 0 unspecified atom stereocenters. The van der Waals surface area contributed by atoms with Gasteiger partial charge in [0.2, 0.25) is 0 Å². The van der Waals surface area contributed by atoms with Crippen molar-refractivity contribution in [3.63, 3.8) is 0 Å². The van der Waals surface area contributed by atoms with Crippen LogP contribution in [-0.2, 0) is 32.1 Å². The van der Waals surface area contributed by atoms with Crippen LogP contribution in [0.4, 0.5) is 0 Å². The first-order valence-corrected chi connectivity index (χ1v) is 10.6. The largest absolute Gasteiger partial charge is 0.299 e. The molecule has 0 saturated carbocycles. The van der Waals surface area contributed by atoms with Gasteiger partial charge in [-0.05, 0) is 48.7 Å². The number of nitrogens with zero attached hydrogens (tertiary/aromatic N) is 5. The van der Waals surface area contributed by atoms with Crippen molar-refractivity contribution in [2.45, 2.75) is 37.9 Å². The van der Waals surface area contributed by atoms with E-state index >= 15 is 0 Å². The van der Waals surface area contributed by atoms with Crippen molar-refractivity contribution in [1.29, 1.82) is 0 Å². The van der Waals surface area contributed by atoms with Gasteiger partial charge in [0.1, 0.15) is 0 Å². The Morgan fingerprint density at radius 2 is 1.76 bits per heavy atom. The SMILES string of the molecule is Cn1cc(CN2CCC3(CC2)CN(Cc2cccnc2)Cc2ccccc23)cn1. The van der Waals surface area contributed by atoms with Crippen LogP contribution in [0.1, 0.15) is 35.1 Å². The number of fused-ring (bicyclic) bond motifs is 2. The topological polar surface area (TPSA) is 37.2 Å². The highest BCUT2D eigenvalue weighted by atomic mass is 15.2. The molecule has 0 aliphatic carbocycles. The third kappa shape index (κ3) is 3.85. The Kier molecular flexibility index (Phi) is 4.94. The zero-order valence-electron chi connectivity index (χ0n) is 17.2. The highest BCUT2D eigenvalue weighted by Crippen LogP contribution is 2.42. The molecule has 2 aliphatic rings. The standard InChI is InChI=1S/C24H29N5/c1-27-15-21(14-26-27)17-28-11-8-24(9-12-28)19-29(16-20-5-4-10-25-13-20)18-22-6-2-3-7-23(22)24/h2-7,10,13-15H,8-9,11-12,16-19H2,1H3. The molecule has 0 amide bonds. The third-order valence-electron chi connectivity index (χ3n) is 6.62. The van der Waals surface area contributed by atoms with E-state index in [1.54, 1.807) is 5.56 Å². The summed E-state index contributed by atoms with van der Waals surface area (Å²) in [5.41, 5.74) is 5.97. The second-order valence-electron chi connectivity index (χ2n) is 8.74. The maximum Gasteiger partial charge on any atom is 0.0534 e. The van der Waals surface area contributed by atoms with E-state index in [1.807, 2.05) is 36.4 Å². The predicted octanol–water partition coefficient (Wildman–Crippen LogP) is 3.36. The summed E-state index contributed by atoms with van der Waals surface area (Å²) in [6, 6.07) is 13.4. The van der Waals surface area contributed by atoms with Crippen LogP contribution >= 0.6 is 0 Å². The molecule has 5 heteroatoms. The maximum absolute atomic E-state index is 4.32. The van der Waals surface area contributed by atoms with E-state index < -0.39 is 0 Å². The molecule has 2 aliphatic heterocycles. The lowest BCUT2D eigenvalue weighted by molar-refractivity contribution is 0.0909. The molecule has 29 heavy (non-hydrogen) atoms. The quantitative estimate of drug-likeness (QED) is 0.688. The number of rotatable bonds is 4. The lowest BCUT2D eigenvalue weighted by Crippen LogP contribution is -2.51. The van der Waals surface area contributed by atoms with Crippen molar-refractivity contribution in [2.24, 2.45) is 7.05 Å². The molecule has 4 heterocycles. The van der Waals surface area contributed by atoms with E-state index in [2.05, 4.69) is 56.4 Å². The van der Waals surface area contributed by atoms with E-state index in [0.717, 1.165) is 39.3 Å². The van der Waals surface area contributed by atoms with Crippen LogP contribution in [0.25, 0.3) is 0 Å². The molecule has 0 radical (unpaired) electrons. The van der Waals surface area contributed by atoms with Gasteiger partial charge in [-0.15, -0.1) is 0 Å². The summed E-state index contributed by atoms with van der Waals surface area (Å²) < 4.78 is 1.90. The molecular weight excluding hydrogens is 358 g/mol. The fourth-order valence-electron chi connectivity index (χ4n) is 5.23. The molecule has 1 saturated heterocycles. The number of benzene rings is 1. The molecule has 5 nitrogen and oxygen atoms in total. The zero-order chi connectivity index (χ0) is 19.7. The first-order valence-electron chi connectivity index (χ1n) is 10.6. The highest BCUT2D eigenvalue weighted by molar-refractivity contribution is 5.38. The molecule has 2 aromatic heterocycles. The zero-order valence-corrected chi connectivity index (χ0v) is 17.2. The Balaban J connectivity index is 1.34. The maximum atomic E-state index is 4.32. The van der Waals surface area contributed by atoms with Gasteiger partial charge in [-0.2, -0.15) is 5.10 Å². The molecule has 150 valence electrons. The van der Waals surface area contributed by atoms with E-state index in [4.69, 9.17) is 0 Å². The predicted molar refractivity (Wildman–Crippen MR) is 114 cm³/mol. The van der Waals surface area contributed by atoms with Crippen LogP contribution in [-0.4, -0.2) is 44.2 Å². The highest BCUT2D eigenvalue weighted by Gasteiger charge is 2.41. The normalized spacial score (nSPS) is 19.3. The van der Waals surface area contributed by atoms with Gasteiger partial charge in [-0.25, -0.2) is 0 Å². The Labute approximate surface area is 173 Å². The van der Waals surface area contributed by atoms with Gasteiger partial charge >= 0.3 is 0 Å². The molecule has 0 bridgehead atoms. The first-order chi connectivity index (χ1) is 14.2. The van der Waals surface area contributed by atoms with Crippen LogP contribution in [0.3, 0.4) is 0 Å². The van der Waals surface area contributed by atoms with Gasteiger partial charge in [0.05, 0.1) is 6.20 Å². The summed E-state index contributed by atoms with van der Waals surface area (Å²) in [6.07, 6.45) is 10.4. The average molecular weight is 388 g/mol. The van der Waals surface area contributed by atoms with Gasteiger partial charge in [-0.1, -0.05) is 30.3 Å². The van der Waals surface area contributed by atoms with Crippen molar-refractivity contribution in [3.8, 4) is 0 Å². The van der Waals surface area contributed by atoms with Crippen molar-refractivity contribution in [1.82, 2.24) is 24.6 Å². The van der Waals surface area contributed by atoms with Crippen molar-refractivity contribution in [3.05, 3.63) is 83.4 Å². The summed E-state index contributed by atoms with van der Waals surface area (Å²) in [5, 5.41) is 4.32. The van der Waals surface area contributed by atoms with Gasteiger partial charge in [0.15, 0.2) is 0 Å². The van der Waals surface area contributed by atoms with E-state index in [9.17, 15) is 0 Å². The average Bonchev–Trinajstić information content (AvgIpc) is 3.15. The molecule has 5 rings (SSSR count). The van der Waals surface area contributed by atoms with Crippen LogP contribution in [0, 0.1) is 0 Å². The Morgan fingerprint density at radius 1 is 0.931 bits per heavy atom. The number of likely N-dealkylation sites (tertiary alicyclic amines) is 1. The number of piperidine rings is 1. The second-order valence-corrected chi connectivity index (χ2v) is 8.74. The minimum Gasteiger partial charge on any atom is -0.299 e. The number of aryl methyl sites for hydroxylation is 1. The summed E-state index contributed by atoms with van der Waals surface area (Å²) in [5.74, 6) is 0. The lowest BCUT2D eigenvalue weighted by atomic mass is 9.68. The third-order valence-corrected chi connectivity index (χ3v) is 6.62. The fraction of sp³-hybridized carbons (Fsp3) is 0.417. The van der Waals surface area contributed by atoms with Crippen molar-refractivity contribution < 1.29 is 0 Å². The van der Waals surface area contributed by atoms with Gasteiger partial charge < -0.3 is 0 Å². The van der Waals surface area contributed by atoms with Crippen LogP contribution in [0.2, 0.25) is 0 Å². The smallest absolute Gasteiger partial charge is 0.0534 e. The van der Waals surface area contributed by atoms with E-state index in [0.29, 0.717) is 0 Å². The number of hydrogen-bond donors (Lipinski definition) is 0. The van der Waals surface area contributed by atoms with E-state index in [1.165, 1.54) is 29.5 Å². The number of hydrogen-bond acceptors (Lipinski definition) is 4. The van der Waals surface area contributed by atoms with Crippen molar-refractivity contribution >= 4 is 0 Å². The van der Waals surface area contributed by atoms with Crippen LogP contribution in [0.5, 0.6) is 0 Å². The summed E-state index contributed by atoms with van der Waals surface area (Å²) >= 11 is 0. The second kappa shape index (κ2) is 7.73. The number of aromatic nitrogens is 3. The molecule has 1 fully saturated rings. The molecule has 0 atom stereocenters. The van der Waals surface area contributed by atoms with Gasteiger partial charge in [0.25, 0.3) is 0 Å². The monoisotopic (exact) mass is 387 g/mol. The minimum atomic E-state index is 0.266. The molecule has 3 aromatic rings. The van der Waals surface area contributed by atoms with Crippen LogP contribution < -0.4 is 0 Å². The van der Waals surface area contributed by atoms with Crippen molar-refractivity contribution in [2.75, 3.05) is 19.6 Å². The first kappa shape index (κ1) is 18.5. The summed E-state index contributed by atoms with van der Waals surface area (Å²) in [6.45, 7) is 6.44. The summed E-state index contributed by atoms with van der Waals surface area (Å²) in [7, 11) is 1.99. The van der Waals surface area contributed by atoms with E-state index in [-0.39, 0.29) is 5.41 Å². The Hall–Kier alpha value is -2.50. The molecular formula is C24H29N5. The lowest BCUT2D eigenvalue weighted by Gasteiger charge is -2.49. The Bertz CT molecular complexity index is 956. The Morgan fingerprint density at radius 3 is 2.52 bits per heavy atom. The minimum absolute atomic E-state index is 0.266. The van der Waals surface area contributed by atoms with Crippen LogP contribution in [0.15, 0.2) is 61.2 Å². The fourth-order valence-corrected chi connectivity index (χ4v) is 5.23. The van der Waals surface area contributed by atoms with Gasteiger partial charge in [0, 0.05) is 62.8 Å². The van der Waals surface area contributed by atoms with Gasteiger partial charge in [-0.3, -0.25) is 19.5 Å².